The zero-order valence-electron chi connectivity index (χ0n) is 13.9. The molecule has 1 fully saturated rings. The molecule has 2 aromatic rings. The molecule has 1 heterocycles. The van der Waals surface area contributed by atoms with Gasteiger partial charge in [0.05, 0.1) is 5.56 Å². The number of hydrogen-bond donors (Lipinski definition) is 1. The van der Waals surface area contributed by atoms with Crippen LogP contribution in [0.1, 0.15) is 52.9 Å². The molecule has 0 atom stereocenters. The molecule has 120 valence electrons. The molecule has 3 nitrogen and oxygen atoms in total. The van der Waals surface area contributed by atoms with Crippen LogP contribution in [-0.2, 0) is 5.41 Å². The molecule has 0 radical (unpaired) electrons. The molecule has 3 rings (SSSR count). The van der Waals surface area contributed by atoms with Gasteiger partial charge in [0, 0.05) is 23.9 Å². The second-order valence-electron chi connectivity index (χ2n) is 6.73. The van der Waals surface area contributed by atoms with Gasteiger partial charge < -0.3 is 5.32 Å². The number of carbonyl (C=O) groups is 1. The number of benzene rings is 1. The molecule has 1 aliphatic rings. The SMILES string of the molecule is Cc1cccc(C2(CNC(=O)c3ccc(C)nc3)CCCC2)c1. The van der Waals surface area contributed by atoms with Gasteiger partial charge in [-0.05, 0) is 44.4 Å². The molecule has 1 amide bonds. The highest BCUT2D eigenvalue weighted by molar-refractivity contribution is 5.93. The average Bonchev–Trinajstić information content (AvgIpc) is 3.03. The van der Waals surface area contributed by atoms with Crippen LogP contribution >= 0.6 is 0 Å². The molecule has 1 aromatic carbocycles. The summed E-state index contributed by atoms with van der Waals surface area (Å²) in [5.41, 5.74) is 4.28. The van der Waals surface area contributed by atoms with Crippen molar-refractivity contribution in [2.24, 2.45) is 0 Å². The fourth-order valence-corrected chi connectivity index (χ4v) is 3.55. The van der Waals surface area contributed by atoms with Crippen LogP contribution < -0.4 is 5.32 Å². The number of aromatic nitrogens is 1. The Bertz CT molecular complexity index is 685. The van der Waals surface area contributed by atoms with E-state index in [2.05, 4.69) is 41.5 Å². The van der Waals surface area contributed by atoms with E-state index in [4.69, 9.17) is 0 Å². The van der Waals surface area contributed by atoms with E-state index in [-0.39, 0.29) is 11.3 Å². The van der Waals surface area contributed by atoms with Crippen molar-refractivity contribution >= 4 is 5.91 Å². The lowest BCUT2D eigenvalue weighted by molar-refractivity contribution is 0.0942. The Kier molecular flexibility index (Phi) is 4.46. The summed E-state index contributed by atoms with van der Waals surface area (Å²) < 4.78 is 0. The highest BCUT2D eigenvalue weighted by atomic mass is 16.1. The van der Waals surface area contributed by atoms with Crippen molar-refractivity contribution < 1.29 is 4.79 Å². The van der Waals surface area contributed by atoms with E-state index in [9.17, 15) is 4.79 Å². The Balaban J connectivity index is 1.75. The van der Waals surface area contributed by atoms with Crippen molar-refractivity contribution in [1.29, 1.82) is 0 Å². The van der Waals surface area contributed by atoms with Gasteiger partial charge in [0.15, 0.2) is 0 Å². The van der Waals surface area contributed by atoms with Crippen LogP contribution in [0.5, 0.6) is 0 Å². The molecule has 1 saturated carbocycles. The van der Waals surface area contributed by atoms with Gasteiger partial charge in [-0.1, -0.05) is 42.7 Å². The Hall–Kier alpha value is -2.16. The minimum atomic E-state index is -0.0311. The third kappa shape index (κ3) is 3.44. The summed E-state index contributed by atoms with van der Waals surface area (Å²) in [6.45, 7) is 4.75. The molecule has 0 aliphatic heterocycles. The van der Waals surface area contributed by atoms with Crippen LogP contribution in [0.4, 0.5) is 0 Å². The summed E-state index contributed by atoms with van der Waals surface area (Å²) in [7, 11) is 0. The van der Waals surface area contributed by atoms with Crippen LogP contribution in [0.25, 0.3) is 0 Å². The molecule has 0 unspecified atom stereocenters. The van der Waals surface area contributed by atoms with Crippen LogP contribution in [0, 0.1) is 13.8 Å². The first-order chi connectivity index (χ1) is 11.1. The second-order valence-corrected chi connectivity index (χ2v) is 6.73. The van der Waals surface area contributed by atoms with E-state index >= 15 is 0 Å². The van der Waals surface area contributed by atoms with Crippen molar-refractivity contribution in [3.8, 4) is 0 Å². The van der Waals surface area contributed by atoms with Gasteiger partial charge in [-0.15, -0.1) is 0 Å². The van der Waals surface area contributed by atoms with Gasteiger partial charge in [-0.25, -0.2) is 0 Å². The maximum Gasteiger partial charge on any atom is 0.252 e. The van der Waals surface area contributed by atoms with Crippen molar-refractivity contribution in [3.63, 3.8) is 0 Å². The van der Waals surface area contributed by atoms with E-state index in [1.807, 2.05) is 19.1 Å². The highest BCUT2D eigenvalue weighted by Gasteiger charge is 2.36. The van der Waals surface area contributed by atoms with Gasteiger partial charge in [0.2, 0.25) is 0 Å². The Labute approximate surface area is 138 Å². The molecule has 1 N–H and O–H groups in total. The Morgan fingerprint density at radius 3 is 2.61 bits per heavy atom. The number of aryl methyl sites for hydroxylation is 2. The zero-order chi connectivity index (χ0) is 16.3. The molecule has 0 saturated heterocycles. The Morgan fingerprint density at radius 2 is 1.96 bits per heavy atom. The largest absolute Gasteiger partial charge is 0.351 e. The predicted molar refractivity (Wildman–Crippen MR) is 92.6 cm³/mol. The monoisotopic (exact) mass is 308 g/mol. The third-order valence-corrected chi connectivity index (χ3v) is 4.95. The second kappa shape index (κ2) is 6.53. The molecule has 0 bridgehead atoms. The predicted octanol–water partition coefficient (Wildman–Crippen LogP) is 3.94. The summed E-state index contributed by atoms with van der Waals surface area (Å²) >= 11 is 0. The van der Waals surface area contributed by atoms with Gasteiger partial charge in [0.25, 0.3) is 5.91 Å². The topological polar surface area (TPSA) is 42.0 Å². The minimum absolute atomic E-state index is 0.0311. The van der Waals surface area contributed by atoms with Crippen molar-refractivity contribution in [1.82, 2.24) is 10.3 Å². The van der Waals surface area contributed by atoms with E-state index in [0.29, 0.717) is 12.1 Å². The normalized spacial score (nSPS) is 16.3. The maximum atomic E-state index is 12.4. The van der Waals surface area contributed by atoms with Crippen LogP contribution in [0.3, 0.4) is 0 Å². The fourth-order valence-electron chi connectivity index (χ4n) is 3.55. The zero-order valence-corrected chi connectivity index (χ0v) is 13.9. The van der Waals surface area contributed by atoms with Gasteiger partial charge >= 0.3 is 0 Å². The smallest absolute Gasteiger partial charge is 0.252 e. The summed E-state index contributed by atoms with van der Waals surface area (Å²) in [4.78, 5) is 16.6. The number of rotatable bonds is 4. The fraction of sp³-hybridized carbons (Fsp3) is 0.400. The van der Waals surface area contributed by atoms with Crippen molar-refractivity contribution in [3.05, 3.63) is 65.0 Å². The van der Waals surface area contributed by atoms with E-state index in [0.717, 1.165) is 18.5 Å². The summed E-state index contributed by atoms with van der Waals surface area (Å²) in [5.74, 6) is -0.0311. The first kappa shape index (κ1) is 15.7. The van der Waals surface area contributed by atoms with E-state index in [1.165, 1.54) is 24.0 Å². The molecular weight excluding hydrogens is 284 g/mol. The summed E-state index contributed by atoms with van der Waals surface area (Å²) in [6, 6.07) is 12.4. The number of pyridine rings is 1. The first-order valence-corrected chi connectivity index (χ1v) is 8.37. The molecule has 1 aliphatic carbocycles. The number of amides is 1. The standard InChI is InChI=1S/C20H24N2O/c1-15-6-5-7-18(12-15)20(10-3-4-11-20)14-22-19(23)17-9-8-16(2)21-13-17/h5-9,12-13H,3-4,10-11,14H2,1-2H3,(H,22,23). The van der Waals surface area contributed by atoms with Gasteiger partial charge in [0.1, 0.15) is 0 Å². The van der Waals surface area contributed by atoms with Crippen LogP contribution in [-0.4, -0.2) is 17.4 Å². The maximum absolute atomic E-state index is 12.4. The molecule has 3 heteroatoms. The molecule has 0 spiro atoms. The average molecular weight is 308 g/mol. The van der Waals surface area contributed by atoms with Gasteiger partial charge in [-0.2, -0.15) is 0 Å². The number of hydrogen-bond acceptors (Lipinski definition) is 2. The van der Waals surface area contributed by atoms with Crippen LogP contribution in [0.15, 0.2) is 42.6 Å². The molecule has 23 heavy (non-hydrogen) atoms. The third-order valence-electron chi connectivity index (χ3n) is 4.95. The lowest BCUT2D eigenvalue weighted by atomic mass is 9.78. The van der Waals surface area contributed by atoms with Crippen LogP contribution in [0.2, 0.25) is 0 Å². The number of nitrogens with one attached hydrogen (secondary N) is 1. The molecule has 1 aromatic heterocycles. The first-order valence-electron chi connectivity index (χ1n) is 8.37. The van der Waals surface area contributed by atoms with Crippen molar-refractivity contribution in [2.75, 3.05) is 6.54 Å². The van der Waals surface area contributed by atoms with Crippen molar-refractivity contribution in [2.45, 2.75) is 44.9 Å². The number of carbonyl (C=O) groups excluding carboxylic acids is 1. The lowest BCUT2D eigenvalue weighted by Gasteiger charge is -2.30. The van der Waals surface area contributed by atoms with E-state index in [1.54, 1.807) is 6.20 Å². The molecular formula is C20H24N2O. The quantitative estimate of drug-likeness (QED) is 0.929. The lowest BCUT2D eigenvalue weighted by Crippen LogP contribution is -2.39. The summed E-state index contributed by atoms with van der Waals surface area (Å²) in [5, 5.41) is 3.14. The minimum Gasteiger partial charge on any atom is -0.351 e. The Morgan fingerprint density at radius 1 is 1.17 bits per heavy atom. The van der Waals surface area contributed by atoms with E-state index < -0.39 is 0 Å². The number of nitrogens with zero attached hydrogens (tertiary/aromatic N) is 1. The summed E-state index contributed by atoms with van der Waals surface area (Å²) in [6.07, 6.45) is 6.40. The van der Waals surface area contributed by atoms with Gasteiger partial charge in [-0.3, -0.25) is 9.78 Å². The highest BCUT2D eigenvalue weighted by Crippen LogP contribution is 2.40.